The van der Waals surface area contributed by atoms with E-state index in [-0.39, 0.29) is 40.6 Å². The summed E-state index contributed by atoms with van der Waals surface area (Å²) in [7, 11) is 5.39. The molecule has 0 aromatic rings. The van der Waals surface area contributed by atoms with E-state index in [2.05, 4.69) is 0 Å². The van der Waals surface area contributed by atoms with Gasteiger partial charge in [-0.05, 0) is 6.42 Å². The second-order valence-electron chi connectivity index (χ2n) is 4.45. The zero-order valence-electron chi connectivity index (χ0n) is 10.0. The van der Waals surface area contributed by atoms with Crippen molar-refractivity contribution in [2.75, 3.05) is 19.8 Å². The monoisotopic (exact) mass is 276 g/mol. The van der Waals surface area contributed by atoms with Crippen molar-refractivity contribution in [1.82, 2.24) is 0 Å². The molecule has 3 unspecified atom stereocenters. The third kappa shape index (κ3) is 3.87. The summed E-state index contributed by atoms with van der Waals surface area (Å²) >= 11 is 0. The molecule has 0 aromatic carbocycles. The first-order chi connectivity index (χ1) is 8.70. The van der Waals surface area contributed by atoms with E-state index in [1.54, 1.807) is 0 Å². The van der Waals surface area contributed by atoms with Crippen molar-refractivity contribution in [2.45, 2.75) is 43.3 Å². The molecule has 2 radical (unpaired) electrons. The molecule has 2 heterocycles. The molecule has 0 spiro atoms. The molecule has 6 atom stereocenters. The van der Waals surface area contributed by atoms with Crippen LogP contribution in [0.3, 0.4) is 0 Å². The van der Waals surface area contributed by atoms with Crippen LogP contribution in [-0.2, 0) is 18.5 Å². The molecular weight excluding hydrogens is 258 g/mol. The van der Waals surface area contributed by atoms with Crippen molar-refractivity contribution in [3.63, 3.8) is 0 Å². The summed E-state index contributed by atoms with van der Waals surface area (Å²) < 4.78 is 21.3. The average Bonchev–Trinajstić information content (AvgIpc) is 2.91. The van der Waals surface area contributed by atoms with Gasteiger partial charge in [-0.25, -0.2) is 0 Å². The second-order valence-corrected chi connectivity index (χ2v) is 5.14. The molecule has 2 N–H and O–H groups in total. The maximum Gasteiger partial charge on any atom is 0.155 e. The predicted molar refractivity (Wildman–Crippen MR) is 65.6 cm³/mol. The standard InChI is InChI=1S/C10H18BO6P/c11-10-3-6(13)9(16-10)5-15-18-17-7-1-2-14-8(7)4-12/h6-10,12-13,18H,1-5H2/t6?,7?,8-,9-,10-/m1/s1. The van der Waals surface area contributed by atoms with Crippen LogP contribution in [0.1, 0.15) is 12.8 Å². The quantitative estimate of drug-likeness (QED) is 0.380. The Morgan fingerprint density at radius 2 is 2.22 bits per heavy atom. The number of hydrogen-bond donors (Lipinski definition) is 2. The number of rotatable bonds is 6. The molecular formula is C10H18BO6P. The topological polar surface area (TPSA) is 77.4 Å². The summed E-state index contributed by atoms with van der Waals surface area (Å²) in [5.41, 5.74) is 0. The normalized spacial score (nSPS) is 41.1. The average molecular weight is 276 g/mol. The van der Waals surface area contributed by atoms with Gasteiger partial charge in [-0.1, -0.05) is 0 Å². The van der Waals surface area contributed by atoms with Crippen LogP contribution in [0.15, 0.2) is 0 Å². The number of aliphatic hydroxyl groups is 2. The Labute approximate surface area is 109 Å². The highest BCUT2D eigenvalue weighted by molar-refractivity contribution is 7.26. The molecule has 0 aromatic heterocycles. The van der Waals surface area contributed by atoms with Crippen LogP contribution in [0, 0.1) is 0 Å². The van der Waals surface area contributed by atoms with E-state index in [1.807, 2.05) is 0 Å². The van der Waals surface area contributed by atoms with Crippen molar-refractivity contribution in [3.8, 4) is 0 Å². The molecule has 18 heavy (non-hydrogen) atoms. The van der Waals surface area contributed by atoms with Gasteiger partial charge in [0, 0.05) is 19.0 Å². The van der Waals surface area contributed by atoms with Crippen LogP contribution in [0.2, 0.25) is 0 Å². The van der Waals surface area contributed by atoms with Gasteiger partial charge >= 0.3 is 0 Å². The first-order valence-electron chi connectivity index (χ1n) is 6.04. The van der Waals surface area contributed by atoms with Crippen LogP contribution in [0.25, 0.3) is 0 Å². The van der Waals surface area contributed by atoms with Crippen molar-refractivity contribution < 1.29 is 28.7 Å². The number of aliphatic hydroxyl groups excluding tert-OH is 2. The highest BCUT2D eigenvalue weighted by Crippen LogP contribution is 2.27. The van der Waals surface area contributed by atoms with Gasteiger partial charge in [0.1, 0.15) is 20.1 Å². The van der Waals surface area contributed by atoms with E-state index in [0.29, 0.717) is 13.0 Å². The van der Waals surface area contributed by atoms with Crippen LogP contribution in [0.5, 0.6) is 0 Å². The van der Waals surface area contributed by atoms with Crippen LogP contribution in [-0.4, -0.2) is 68.3 Å². The minimum atomic E-state index is -0.579. The van der Waals surface area contributed by atoms with Gasteiger partial charge in [0.25, 0.3) is 0 Å². The fourth-order valence-electron chi connectivity index (χ4n) is 2.06. The summed E-state index contributed by atoms with van der Waals surface area (Å²) in [5, 5.41) is 18.6. The summed E-state index contributed by atoms with van der Waals surface area (Å²) in [4.78, 5) is 0. The zero-order chi connectivity index (χ0) is 13.0. The van der Waals surface area contributed by atoms with E-state index in [9.17, 15) is 5.11 Å². The van der Waals surface area contributed by atoms with Crippen molar-refractivity contribution >= 4 is 16.9 Å². The Hall–Kier alpha value is 0.255. The second kappa shape index (κ2) is 7.15. The molecule has 2 aliphatic heterocycles. The van der Waals surface area contributed by atoms with Gasteiger partial charge in [-0.3, -0.25) is 0 Å². The Morgan fingerprint density at radius 1 is 1.39 bits per heavy atom. The Balaban J connectivity index is 1.58. The maximum atomic E-state index is 9.57. The number of hydrogen-bond acceptors (Lipinski definition) is 6. The van der Waals surface area contributed by atoms with Crippen molar-refractivity contribution in [3.05, 3.63) is 0 Å². The smallest absolute Gasteiger partial charge is 0.155 e. The Bertz CT molecular complexity index is 255. The summed E-state index contributed by atoms with van der Waals surface area (Å²) in [6.45, 7) is 0.804. The molecule has 0 bridgehead atoms. The predicted octanol–water partition coefficient (Wildman–Crippen LogP) is -0.678. The first kappa shape index (κ1) is 14.7. The minimum Gasteiger partial charge on any atom is -0.394 e. The third-order valence-electron chi connectivity index (χ3n) is 3.09. The lowest BCUT2D eigenvalue weighted by atomic mass is 9.96. The number of ether oxygens (including phenoxy) is 2. The maximum absolute atomic E-state index is 9.57. The minimum absolute atomic E-state index is 0.0472. The molecule has 0 aliphatic carbocycles. The van der Waals surface area contributed by atoms with E-state index >= 15 is 0 Å². The fraction of sp³-hybridized carbons (Fsp3) is 1.00. The van der Waals surface area contributed by atoms with Crippen LogP contribution in [0.4, 0.5) is 0 Å². The van der Waals surface area contributed by atoms with Gasteiger partial charge in [0.05, 0.1) is 25.4 Å². The van der Waals surface area contributed by atoms with E-state index in [0.717, 1.165) is 6.42 Å². The molecule has 0 saturated carbocycles. The van der Waals surface area contributed by atoms with Gasteiger partial charge in [0.15, 0.2) is 9.03 Å². The summed E-state index contributed by atoms with van der Waals surface area (Å²) in [5.74, 6) is 0. The summed E-state index contributed by atoms with van der Waals surface area (Å²) in [6, 6.07) is -0.417. The molecule has 102 valence electrons. The SMILES string of the molecule is [B][C@H]1CC(O)[C@@H](COPOC2CCO[C@@H]2CO)O1. The molecule has 6 nitrogen and oxygen atoms in total. The van der Waals surface area contributed by atoms with Crippen molar-refractivity contribution in [2.24, 2.45) is 0 Å². The molecule has 2 fully saturated rings. The van der Waals surface area contributed by atoms with Crippen LogP contribution < -0.4 is 0 Å². The molecule has 2 aliphatic rings. The Kier molecular flexibility index (Phi) is 5.82. The largest absolute Gasteiger partial charge is 0.394 e. The fourth-order valence-corrected chi connectivity index (χ4v) is 2.75. The Morgan fingerprint density at radius 3 is 2.89 bits per heavy atom. The van der Waals surface area contributed by atoms with E-state index in [4.69, 9.17) is 31.5 Å². The summed E-state index contributed by atoms with van der Waals surface area (Å²) in [6.07, 6.45) is -0.155. The van der Waals surface area contributed by atoms with Gasteiger partial charge in [-0.15, -0.1) is 0 Å². The highest BCUT2D eigenvalue weighted by Gasteiger charge is 2.32. The lowest BCUT2D eigenvalue weighted by Crippen LogP contribution is -2.27. The van der Waals surface area contributed by atoms with E-state index < -0.39 is 12.1 Å². The molecule has 2 rings (SSSR count). The van der Waals surface area contributed by atoms with Gasteiger partial charge < -0.3 is 28.7 Å². The lowest BCUT2D eigenvalue weighted by Gasteiger charge is -2.18. The molecule has 2 saturated heterocycles. The van der Waals surface area contributed by atoms with Crippen molar-refractivity contribution in [1.29, 1.82) is 0 Å². The van der Waals surface area contributed by atoms with E-state index in [1.165, 1.54) is 0 Å². The lowest BCUT2D eigenvalue weighted by molar-refractivity contribution is -0.00472. The van der Waals surface area contributed by atoms with Gasteiger partial charge in [-0.2, -0.15) is 0 Å². The highest BCUT2D eigenvalue weighted by atomic mass is 31.1. The zero-order valence-corrected chi connectivity index (χ0v) is 11.0. The third-order valence-corrected chi connectivity index (χ3v) is 3.77. The molecule has 0 amide bonds. The van der Waals surface area contributed by atoms with Crippen LogP contribution >= 0.6 is 9.03 Å². The van der Waals surface area contributed by atoms with Gasteiger partial charge in [0.2, 0.25) is 0 Å². The first-order valence-corrected chi connectivity index (χ1v) is 6.86. The molecule has 8 heteroatoms.